The van der Waals surface area contributed by atoms with E-state index < -0.39 is 23.2 Å². The Bertz CT molecular complexity index is 1290. The van der Waals surface area contributed by atoms with E-state index in [2.05, 4.69) is 23.9 Å². The highest BCUT2D eigenvalue weighted by atomic mass is 35.5. The summed E-state index contributed by atoms with van der Waals surface area (Å²) in [5.41, 5.74) is 2.05. The summed E-state index contributed by atoms with van der Waals surface area (Å²) >= 11 is 14.6. The van der Waals surface area contributed by atoms with Crippen LogP contribution in [-0.2, 0) is 15.7 Å². The largest absolute Gasteiger partial charge is 0.500 e. The third-order valence-corrected chi connectivity index (χ3v) is 12.7. The molecule has 47 heavy (non-hydrogen) atoms. The maximum atomic E-state index is 13.9. The molecule has 0 aliphatic heterocycles. The van der Waals surface area contributed by atoms with Gasteiger partial charge in [0.2, 0.25) is 0 Å². The summed E-state index contributed by atoms with van der Waals surface area (Å²) in [6.45, 7) is 10.4. The number of allylic oxidation sites excluding steroid dienone is 8. The fourth-order valence-corrected chi connectivity index (χ4v) is 8.53. The molecule has 11 heteroatoms. The van der Waals surface area contributed by atoms with E-state index in [0.29, 0.717) is 29.4 Å². The van der Waals surface area contributed by atoms with Gasteiger partial charge in [-0.3, -0.25) is 9.71 Å². The third-order valence-electron chi connectivity index (χ3n) is 9.74. The van der Waals surface area contributed by atoms with Crippen LogP contribution in [0.4, 0.5) is 9.18 Å². The first-order chi connectivity index (χ1) is 22.3. The maximum absolute atomic E-state index is 13.9. The van der Waals surface area contributed by atoms with Gasteiger partial charge in [0, 0.05) is 29.3 Å². The van der Waals surface area contributed by atoms with E-state index >= 15 is 0 Å². The number of nitrogens with one attached hydrogen (secondary N) is 2. The summed E-state index contributed by atoms with van der Waals surface area (Å²) in [5, 5.41) is 4.40. The Labute approximate surface area is 299 Å². The molecule has 1 saturated carbocycles. The summed E-state index contributed by atoms with van der Waals surface area (Å²) in [4.78, 5) is 17.9. The predicted octanol–water partition coefficient (Wildman–Crippen LogP) is 10.4. The lowest BCUT2D eigenvalue weighted by molar-refractivity contribution is 0.173. The summed E-state index contributed by atoms with van der Waals surface area (Å²) < 4.78 is 35.0. The van der Waals surface area contributed by atoms with Crippen LogP contribution in [0.5, 0.6) is 0 Å². The molecule has 3 aliphatic rings. The van der Waals surface area contributed by atoms with Gasteiger partial charge in [-0.05, 0) is 99.7 Å². The third kappa shape index (κ3) is 12.7. The van der Waals surface area contributed by atoms with Crippen molar-refractivity contribution in [1.82, 2.24) is 10.0 Å². The molecule has 2 N–H and O–H groups in total. The van der Waals surface area contributed by atoms with E-state index in [0.717, 1.165) is 79.2 Å². The first-order valence-electron chi connectivity index (χ1n) is 17.0. The van der Waals surface area contributed by atoms with Crippen molar-refractivity contribution in [2.24, 2.45) is 22.2 Å². The number of hydrogen-bond acceptors (Lipinski definition) is 5. The number of methoxy groups -OCH3 is 1. The SMILES string of the molecule is CC/C(=C\C=C(\CSC(C)=N/C=C(\CC1C=CC(F)CC1)C(C)(C)C1CCC(Cl)=C(OC)C1)C(C)Cl)S(=O)NC(=O)NC1CCCC1. The van der Waals surface area contributed by atoms with Crippen LogP contribution in [0.2, 0.25) is 0 Å². The second-order valence-electron chi connectivity index (χ2n) is 13.4. The number of rotatable bonds is 14. The Kier molecular flexibility index (Phi) is 16.6. The molecule has 0 aromatic rings. The Hall–Kier alpha value is -1.55. The lowest BCUT2D eigenvalue weighted by Crippen LogP contribution is -2.41. The standard InChI is InChI=1S/C36H54Cl2FN3O3S2/c1-7-32(47(44)42-35(43)41-31-10-8-9-11-31)18-14-27(24(2)37)23-46-25(3)40-22-29(20-26-12-16-30(39)17-13-26)36(4,5)28-15-19-33(38)34(21-28)45-6/h12,14,16,18,22,24,26,28,30-31H,7-11,13,15,17,19-21,23H2,1-6H3,(H2,41,42,43)/b27-14-,29-22+,32-18+,40-25?. The predicted molar refractivity (Wildman–Crippen MR) is 200 cm³/mol. The van der Waals surface area contributed by atoms with E-state index in [-0.39, 0.29) is 22.8 Å². The minimum Gasteiger partial charge on any atom is -0.500 e. The maximum Gasteiger partial charge on any atom is 0.327 e. The highest BCUT2D eigenvalue weighted by Crippen LogP contribution is 2.48. The quantitative estimate of drug-likeness (QED) is 0.0613. The van der Waals surface area contributed by atoms with E-state index in [1.807, 2.05) is 45.2 Å². The molecule has 5 atom stereocenters. The van der Waals surface area contributed by atoms with Crippen molar-refractivity contribution in [2.75, 3.05) is 12.9 Å². The number of aliphatic imine (C=N–C) groups is 1. The average Bonchev–Trinajstić information content (AvgIpc) is 3.54. The summed E-state index contributed by atoms with van der Waals surface area (Å²) in [5.74, 6) is 2.11. The van der Waals surface area contributed by atoms with Crippen molar-refractivity contribution in [1.29, 1.82) is 0 Å². The smallest absolute Gasteiger partial charge is 0.327 e. The molecule has 3 aliphatic carbocycles. The van der Waals surface area contributed by atoms with E-state index in [1.54, 1.807) is 24.9 Å². The van der Waals surface area contributed by atoms with E-state index in [9.17, 15) is 13.4 Å². The van der Waals surface area contributed by atoms with Crippen molar-refractivity contribution < 1.29 is 18.1 Å². The zero-order chi connectivity index (χ0) is 34.6. The van der Waals surface area contributed by atoms with E-state index in [1.165, 1.54) is 5.57 Å². The number of carbonyl (C=O) groups excluding carboxylic acids is 1. The van der Waals surface area contributed by atoms with Gasteiger partial charge in [0.15, 0.2) is 0 Å². The minimum absolute atomic E-state index is 0.156. The molecule has 0 spiro atoms. The van der Waals surface area contributed by atoms with Crippen LogP contribution in [0, 0.1) is 17.3 Å². The highest BCUT2D eigenvalue weighted by molar-refractivity contribution is 8.14. The van der Waals surface area contributed by atoms with Gasteiger partial charge < -0.3 is 10.1 Å². The Balaban J connectivity index is 1.73. The molecule has 0 bridgehead atoms. The average molecular weight is 731 g/mol. The lowest BCUT2D eigenvalue weighted by Gasteiger charge is -2.40. The highest BCUT2D eigenvalue weighted by Gasteiger charge is 2.37. The normalized spacial score (nSPS) is 25.2. The van der Waals surface area contributed by atoms with Crippen molar-refractivity contribution in [3.8, 4) is 0 Å². The van der Waals surface area contributed by atoms with Gasteiger partial charge in [0.05, 0.1) is 22.6 Å². The minimum atomic E-state index is -1.63. The zero-order valence-electron chi connectivity index (χ0n) is 28.9. The van der Waals surface area contributed by atoms with Crippen molar-refractivity contribution in [3.05, 3.63) is 57.3 Å². The molecule has 0 aromatic heterocycles. The second-order valence-corrected chi connectivity index (χ2v) is 16.9. The molecule has 1 fully saturated rings. The van der Waals surface area contributed by atoms with Gasteiger partial charge in [-0.1, -0.05) is 63.4 Å². The fourth-order valence-electron chi connectivity index (χ4n) is 6.36. The van der Waals surface area contributed by atoms with Crippen LogP contribution >= 0.6 is 35.0 Å². The van der Waals surface area contributed by atoms with Gasteiger partial charge in [-0.2, -0.15) is 0 Å². The number of halogens is 3. The Morgan fingerprint density at radius 1 is 1.21 bits per heavy atom. The number of hydrogen-bond donors (Lipinski definition) is 2. The number of nitrogens with zero attached hydrogens (tertiary/aromatic N) is 1. The van der Waals surface area contributed by atoms with Crippen LogP contribution in [0.15, 0.2) is 62.3 Å². The van der Waals surface area contributed by atoms with Crippen molar-refractivity contribution >= 4 is 57.0 Å². The van der Waals surface area contributed by atoms with Gasteiger partial charge >= 0.3 is 6.03 Å². The molecule has 6 nitrogen and oxygen atoms in total. The molecule has 264 valence electrons. The number of carbonyl (C=O) groups is 1. The summed E-state index contributed by atoms with van der Waals surface area (Å²) in [7, 11) is 0.0547. The molecule has 5 unspecified atom stereocenters. The van der Waals surface area contributed by atoms with Crippen LogP contribution in [-0.4, -0.2) is 45.7 Å². The molecule has 2 amide bonds. The second kappa shape index (κ2) is 19.6. The van der Waals surface area contributed by atoms with Crippen molar-refractivity contribution in [3.63, 3.8) is 0 Å². The number of alkyl halides is 2. The summed E-state index contributed by atoms with van der Waals surface area (Å²) in [6, 6.07) is -0.236. The molecule has 0 heterocycles. The van der Waals surface area contributed by atoms with Crippen LogP contribution in [0.1, 0.15) is 105 Å². The van der Waals surface area contributed by atoms with Gasteiger partial charge in [0.1, 0.15) is 22.9 Å². The van der Waals surface area contributed by atoms with Crippen molar-refractivity contribution in [2.45, 2.75) is 123 Å². The molecule has 0 radical (unpaired) electrons. The lowest BCUT2D eigenvalue weighted by atomic mass is 9.66. The Morgan fingerprint density at radius 2 is 1.94 bits per heavy atom. The van der Waals surface area contributed by atoms with Gasteiger partial charge in [-0.15, -0.1) is 23.4 Å². The summed E-state index contributed by atoms with van der Waals surface area (Å²) in [6.07, 6.45) is 18.1. The molecule has 3 rings (SSSR count). The van der Waals surface area contributed by atoms with Gasteiger partial charge in [-0.25, -0.2) is 13.4 Å². The monoisotopic (exact) mass is 729 g/mol. The number of thioether (sulfide) groups is 1. The fraction of sp³-hybridized carbons (Fsp3) is 0.667. The van der Waals surface area contributed by atoms with Crippen LogP contribution < -0.4 is 10.0 Å². The molecule has 0 saturated heterocycles. The Morgan fingerprint density at radius 3 is 2.55 bits per heavy atom. The number of amides is 2. The number of ether oxygens (including phenoxy) is 1. The zero-order valence-corrected chi connectivity index (χ0v) is 32.0. The van der Waals surface area contributed by atoms with Crippen LogP contribution in [0.3, 0.4) is 0 Å². The van der Waals surface area contributed by atoms with Crippen LogP contribution in [0.25, 0.3) is 0 Å². The molecule has 0 aromatic carbocycles. The first kappa shape index (κ1) is 39.9. The topological polar surface area (TPSA) is 79.8 Å². The van der Waals surface area contributed by atoms with E-state index in [4.69, 9.17) is 32.9 Å². The molecular formula is C36H54Cl2FN3O3S2. The number of urea groups is 1. The van der Waals surface area contributed by atoms with Gasteiger partial charge in [0.25, 0.3) is 0 Å². The molecular weight excluding hydrogens is 676 g/mol. The first-order valence-corrected chi connectivity index (χ1v) is 19.9.